The molecule has 2 aromatic carbocycles. The molecule has 7 N–H and O–H groups in total. The van der Waals surface area contributed by atoms with Gasteiger partial charge in [-0.25, -0.2) is 9.79 Å². The molecule has 4 rings (SSSR count). The largest absolute Gasteiger partial charge is 0.508 e. The quantitative estimate of drug-likeness (QED) is 0.230. The van der Waals surface area contributed by atoms with E-state index < -0.39 is 40.3 Å². The number of aromatic nitrogens is 2. The summed E-state index contributed by atoms with van der Waals surface area (Å²) in [6.45, 7) is 4.98. The monoisotopic (exact) mass is 569 g/mol. The Kier molecular flexibility index (Phi) is 9.50. The Morgan fingerprint density at radius 1 is 1.02 bits per heavy atom. The number of phenolic OH excluding ortho intramolecular Hbond substituents is 1. The molecule has 2 unspecified atom stereocenters. The molecule has 1 aliphatic heterocycles. The molecule has 0 spiro atoms. The maximum Gasteiger partial charge on any atom is 0.328 e. The van der Waals surface area contributed by atoms with Gasteiger partial charge in [0.2, 0.25) is 17.7 Å². The van der Waals surface area contributed by atoms with E-state index in [1.807, 2.05) is 31.0 Å². The molecular formula is C26H27N5O8S. The number of nitrogens with zero attached hydrogens (tertiary/aromatic N) is 1. The number of carbonyl (C=O) groups excluding carboxylic acids is 2. The lowest BCUT2D eigenvalue weighted by Crippen LogP contribution is -2.29. The van der Waals surface area contributed by atoms with Crippen molar-refractivity contribution in [2.75, 3.05) is 5.32 Å². The lowest BCUT2D eigenvalue weighted by molar-refractivity contribution is -0.134. The van der Waals surface area contributed by atoms with E-state index >= 15 is 0 Å². The first kappa shape index (κ1) is 29.7. The van der Waals surface area contributed by atoms with Crippen molar-refractivity contribution in [1.82, 2.24) is 15.3 Å². The third kappa shape index (κ3) is 7.83. The highest BCUT2D eigenvalue weighted by Crippen LogP contribution is 2.32. The molecule has 1 aromatic heterocycles. The third-order valence-electron chi connectivity index (χ3n) is 5.63. The number of carbonyl (C=O) groups is 3. The van der Waals surface area contributed by atoms with Crippen LogP contribution in [0.1, 0.15) is 41.6 Å². The number of H-pyrrole nitrogens is 2. The summed E-state index contributed by atoms with van der Waals surface area (Å²) in [5, 5.41) is 32.1. The number of aromatic amines is 2. The lowest BCUT2D eigenvalue weighted by Gasteiger charge is -2.14. The van der Waals surface area contributed by atoms with Gasteiger partial charge in [0.05, 0.1) is 0 Å². The van der Waals surface area contributed by atoms with Crippen LogP contribution in [-0.2, 0) is 14.4 Å². The molecule has 1 aliphatic rings. The molecule has 210 valence electrons. The number of carboxylic acid groups (broad SMARTS) is 1. The summed E-state index contributed by atoms with van der Waals surface area (Å²) in [6, 6.07) is 10.1. The van der Waals surface area contributed by atoms with Crippen LogP contribution in [0.25, 0.3) is 0 Å². The summed E-state index contributed by atoms with van der Waals surface area (Å²) in [4.78, 5) is 66.8. The first-order valence-electron chi connectivity index (χ1n) is 11.8. The number of aryl methyl sites for hydroxylation is 2. The summed E-state index contributed by atoms with van der Waals surface area (Å²) in [6.07, 6.45) is -0.114. The van der Waals surface area contributed by atoms with E-state index in [0.717, 1.165) is 29.8 Å². The van der Waals surface area contributed by atoms with Crippen molar-refractivity contribution in [3.63, 3.8) is 0 Å². The molecule has 2 amide bonds. The maximum absolute atomic E-state index is 12.6. The Hall–Kier alpha value is -4.85. The van der Waals surface area contributed by atoms with Gasteiger partial charge in [0.1, 0.15) is 22.6 Å². The van der Waals surface area contributed by atoms with E-state index in [0.29, 0.717) is 11.3 Å². The fourth-order valence-corrected chi connectivity index (χ4v) is 4.61. The molecule has 0 bridgehead atoms. The zero-order valence-electron chi connectivity index (χ0n) is 21.6. The number of amides is 2. The predicted octanol–water partition coefficient (Wildman–Crippen LogP) is 1.89. The maximum atomic E-state index is 12.6. The van der Waals surface area contributed by atoms with E-state index in [1.54, 1.807) is 6.07 Å². The smallest absolute Gasteiger partial charge is 0.328 e. The number of phenols is 1. The number of anilines is 1. The number of aliphatic imine (C=N–C) groups is 1. The number of rotatable bonds is 6. The number of benzene rings is 2. The van der Waals surface area contributed by atoms with Gasteiger partial charge < -0.3 is 26.0 Å². The van der Waals surface area contributed by atoms with E-state index in [9.17, 15) is 29.4 Å². The fourth-order valence-electron chi connectivity index (χ4n) is 3.62. The molecule has 0 radical (unpaired) electrons. The summed E-state index contributed by atoms with van der Waals surface area (Å²) < 4.78 is 0. The van der Waals surface area contributed by atoms with Crippen molar-refractivity contribution in [2.24, 2.45) is 4.99 Å². The lowest BCUT2D eigenvalue weighted by atomic mass is 10.0. The van der Waals surface area contributed by atoms with Crippen molar-refractivity contribution in [3.05, 3.63) is 85.6 Å². The zero-order valence-corrected chi connectivity index (χ0v) is 22.5. The van der Waals surface area contributed by atoms with Gasteiger partial charge in [-0.2, -0.15) is 0 Å². The third-order valence-corrected chi connectivity index (χ3v) is 6.72. The average Bonchev–Trinajstić information content (AvgIpc) is 3.18. The number of amidine groups is 1. The highest BCUT2D eigenvalue weighted by molar-refractivity contribution is 8.15. The molecule has 0 saturated carbocycles. The summed E-state index contributed by atoms with van der Waals surface area (Å²) in [7, 11) is 0. The van der Waals surface area contributed by atoms with Crippen LogP contribution in [0.3, 0.4) is 0 Å². The van der Waals surface area contributed by atoms with Gasteiger partial charge in [-0.1, -0.05) is 30.0 Å². The highest BCUT2D eigenvalue weighted by atomic mass is 32.2. The molecule has 14 heteroatoms. The summed E-state index contributed by atoms with van der Waals surface area (Å²) in [5.74, 6) is -2.32. The molecule has 0 aliphatic carbocycles. The van der Waals surface area contributed by atoms with Crippen molar-refractivity contribution in [2.45, 2.75) is 38.5 Å². The van der Waals surface area contributed by atoms with Crippen molar-refractivity contribution in [3.8, 4) is 11.6 Å². The topological polar surface area (TPSA) is 214 Å². The number of carboxylic acids is 1. The molecule has 40 heavy (non-hydrogen) atoms. The van der Waals surface area contributed by atoms with Gasteiger partial charge in [0.15, 0.2) is 5.17 Å². The van der Waals surface area contributed by atoms with E-state index in [2.05, 4.69) is 20.6 Å². The number of hydrogen-bond acceptors (Lipinski definition) is 9. The first-order chi connectivity index (χ1) is 18.8. The molecule has 2 heterocycles. The zero-order chi connectivity index (χ0) is 29.6. The minimum Gasteiger partial charge on any atom is -0.508 e. The van der Waals surface area contributed by atoms with Crippen molar-refractivity contribution in [1.29, 1.82) is 0 Å². The standard InChI is InChI=1S/C24H23N5O6S.C2H4O2/c1-11-3-6-14(9-12(11)2)25-17(31)10-16-20(32)29-24(36-16)26-19(13-4-7-15(30)8-5-13)18-21(33)27-23(35)28-22(18)34;1-2(3)4/h3-9,16,19,30H,10H2,1-2H3,(H,25,31)(H,26,29,32)(H3,27,28,33,34,35);1H3,(H,3,4). The molecule has 2 atom stereocenters. The number of hydrogen-bond donors (Lipinski definition) is 7. The number of nitrogens with one attached hydrogen (secondary N) is 4. The van der Waals surface area contributed by atoms with E-state index in [1.165, 1.54) is 24.3 Å². The average molecular weight is 570 g/mol. The second-order valence-electron chi connectivity index (χ2n) is 8.76. The van der Waals surface area contributed by atoms with Gasteiger partial charge in [0.25, 0.3) is 11.5 Å². The van der Waals surface area contributed by atoms with Gasteiger partial charge in [0, 0.05) is 19.0 Å². The van der Waals surface area contributed by atoms with Crippen LogP contribution in [0.2, 0.25) is 0 Å². The Labute approximate surface area is 231 Å². The van der Waals surface area contributed by atoms with Gasteiger partial charge in [-0.15, -0.1) is 0 Å². The molecule has 3 aromatic rings. The van der Waals surface area contributed by atoms with Crippen LogP contribution < -0.4 is 21.9 Å². The fraction of sp³-hybridized carbons (Fsp3) is 0.231. The van der Waals surface area contributed by atoms with Crippen LogP contribution in [0.15, 0.2) is 57.0 Å². The van der Waals surface area contributed by atoms with Crippen molar-refractivity contribution >= 4 is 40.4 Å². The molecular weight excluding hydrogens is 542 g/mol. The number of aromatic hydroxyl groups is 2. The SMILES string of the molecule is CC(=O)O.Cc1ccc(NC(=O)CC2SC(=NC(c3ccc(O)cc3)c3c(O)[nH]c(=O)[nH]c3=O)NC2=O)cc1C. The number of aliphatic carboxylic acids is 1. The first-order valence-corrected chi connectivity index (χ1v) is 12.7. The van der Waals surface area contributed by atoms with Crippen LogP contribution in [-0.4, -0.2) is 53.5 Å². The Bertz CT molecular complexity index is 1580. The normalized spacial score (nSPS) is 16.0. The van der Waals surface area contributed by atoms with Crippen LogP contribution in [0.5, 0.6) is 11.6 Å². The minimum absolute atomic E-state index is 0.0249. The minimum atomic E-state index is -1.13. The number of thioether (sulfide) groups is 1. The summed E-state index contributed by atoms with van der Waals surface area (Å²) >= 11 is 1.01. The van der Waals surface area contributed by atoms with Crippen LogP contribution in [0.4, 0.5) is 5.69 Å². The second kappa shape index (κ2) is 12.8. The van der Waals surface area contributed by atoms with E-state index in [4.69, 9.17) is 9.90 Å². The Balaban J connectivity index is 0.00000103. The van der Waals surface area contributed by atoms with Gasteiger partial charge >= 0.3 is 5.69 Å². The Morgan fingerprint density at radius 3 is 2.27 bits per heavy atom. The van der Waals surface area contributed by atoms with Gasteiger partial charge in [-0.05, 0) is 54.8 Å². The Morgan fingerprint density at radius 2 is 1.68 bits per heavy atom. The summed E-state index contributed by atoms with van der Waals surface area (Å²) in [5.41, 5.74) is 1.14. The molecule has 13 nitrogen and oxygen atoms in total. The van der Waals surface area contributed by atoms with Gasteiger partial charge in [-0.3, -0.25) is 29.1 Å². The predicted molar refractivity (Wildman–Crippen MR) is 149 cm³/mol. The molecule has 1 fully saturated rings. The molecule has 1 saturated heterocycles. The van der Waals surface area contributed by atoms with E-state index in [-0.39, 0.29) is 28.8 Å². The van der Waals surface area contributed by atoms with Crippen LogP contribution >= 0.6 is 11.8 Å². The van der Waals surface area contributed by atoms with Crippen molar-refractivity contribution < 1.29 is 29.7 Å². The second-order valence-corrected chi connectivity index (χ2v) is 9.96. The van der Waals surface area contributed by atoms with Crippen LogP contribution in [0, 0.1) is 13.8 Å². The highest BCUT2D eigenvalue weighted by Gasteiger charge is 2.34.